The van der Waals surface area contributed by atoms with Gasteiger partial charge in [-0.05, 0) is 49.1 Å². The highest BCUT2D eigenvalue weighted by atomic mass is 19.1. The van der Waals surface area contributed by atoms with Crippen LogP contribution in [0.5, 0.6) is 0 Å². The van der Waals surface area contributed by atoms with Crippen LogP contribution < -0.4 is 10.2 Å². The highest BCUT2D eigenvalue weighted by Gasteiger charge is 2.16. The Bertz CT molecular complexity index is 592. The monoisotopic (exact) mass is 298 g/mol. The summed E-state index contributed by atoms with van der Waals surface area (Å²) in [4.78, 5) is 2.16. The van der Waals surface area contributed by atoms with Crippen LogP contribution in [0.3, 0.4) is 0 Å². The maximum absolute atomic E-state index is 14.0. The third-order valence-corrected chi connectivity index (χ3v) is 4.22. The highest BCUT2D eigenvalue weighted by molar-refractivity contribution is 5.50. The van der Waals surface area contributed by atoms with Gasteiger partial charge in [-0.15, -0.1) is 0 Å². The molecule has 0 spiro atoms. The average Bonchev–Trinajstić information content (AvgIpc) is 3.08. The lowest BCUT2D eigenvalue weighted by atomic mass is 10.1. The number of nitrogens with zero attached hydrogens (tertiary/aromatic N) is 1. The van der Waals surface area contributed by atoms with Gasteiger partial charge in [-0.1, -0.05) is 36.4 Å². The van der Waals surface area contributed by atoms with E-state index in [1.54, 1.807) is 6.07 Å². The van der Waals surface area contributed by atoms with Crippen molar-refractivity contribution in [1.29, 1.82) is 0 Å². The van der Waals surface area contributed by atoms with Crippen LogP contribution in [0.2, 0.25) is 0 Å². The number of rotatable bonds is 6. The van der Waals surface area contributed by atoms with E-state index in [0.717, 1.165) is 43.9 Å². The Kier molecular flexibility index (Phi) is 5.07. The van der Waals surface area contributed by atoms with Gasteiger partial charge in [-0.2, -0.15) is 0 Å². The fourth-order valence-corrected chi connectivity index (χ4v) is 2.98. The molecule has 2 aromatic carbocycles. The van der Waals surface area contributed by atoms with Crippen molar-refractivity contribution in [3.05, 3.63) is 65.5 Å². The highest BCUT2D eigenvalue weighted by Crippen LogP contribution is 2.24. The zero-order valence-electron chi connectivity index (χ0n) is 12.9. The van der Waals surface area contributed by atoms with E-state index in [9.17, 15) is 4.39 Å². The summed E-state index contributed by atoms with van der Waals surface area (Å²) < 4.78 is 14.0. The fraction of sp³-hybridized carbons (Fsp3) is 0.368. The number of nitrogens with one attached hydrogen (secondary N) is 1. The first kappa shape index (κ1) is 15.0. The molecule has 0 aromatic heterocycles. The van der Waals surface area contributed by atoms with Crippen molar-refractivity contribution in [2.45, 2.75) is 25.8 Å². The van der Waals surface area contributed by atoms with Crippen molar-refractivity contribution in [2.24, 2.45) is 0 Å². The van der Waals surface area contributed by atoms with E-state index in [0.29, 0.717) is 0 Å². The maximum Gasteiger partial charge on any atom is 0.146 e. The zero-order chi connectivity index (χ0) is 15.2. The largest absolute Gasteiger partial charge is 0.369 e. The van der Waals surface area contributed by atoms with Gasteiger partial charge in [0.1, 0.15) is 5.82 Å². The van der Waals surface area contributed by atoms with Gasteiger partial charge in [0, 0.05) is 19.6 Å². The van der Waals surface area contributed by atoms with Crippen molar-refractivity contribution in [3.63, 3.8) is 0 Å². The third-order valence-electron chi connectivity index (χ3n) is 4.22. The molecule has 0 atom stereocenters. The van der Waals surface area contributed by atoms with Gasteiger partial charge in [-0.3, -0.25) is 0 Å². The number of halogens is 1. The van der Waals surface area contributed by atoms with Gasteiger partial charge in [-0.25, -0.2) is 4.39 Å². The third kappa shape index (κ3) is 3.86. The Morgan fingerprint density at radius 2 is 1.73 bits per heavy atom. The molecule has 1 heterocycles. The van der Waals surface area contributed by atoms with Crippen LogP contribution in [-0.4, -0.2) is 19.6 Å². The molecule has 2 aromatic rings. The van der Waals surface area contributed by atoms with E-state index in [4.69, 9.17) is 0 Å². The second-order valence-electron chi connectivity index (χ2n) is 5.89. The molecule has 1 saturated heterocycles. The van der Waals surface area contributed by atoms with Crippen molar-refractivity contribution in [1.82, 2.24) is 5.32 Å². The SMILES string of the molecule is Fc1ccc(CNCCc2ccccc2)cc1N1CCCC1. The van der Waals surface area contributed by atoms with E-state index in [1.165, 1.54) is 18.4 Å². The second kappa shape index (κ2) is 7.41. The topological polar surface area (TPSA) is 15.3 Å². The lowest BCUT2D eigenvalue weighted by Crippen LogP contribution is -2.20. The summed E-state index contributed by atoms with van der Waals surface area (Å²) in [6, 6.07) is 15.9. The van der Waals surface area contributed by atoms with Gasteiger partial charge < -0.3 is 10.2 Å². The smallest absolute Gasteiger partial charge is 0.146 e. The Balaban J connectivity index is 1.53. The maximum atomic E-state index is 14.0. The molecule has 0 aliphatic carbocycles. The van der Waals surface area contributed by atoms with E-state index < -0.39 is 0 Å². The van der Waals surface area contributed by atoms with Crippen molar-refractivity contribution in [2.75, 3.05) is 24.5 Å². The van der Waals surface area contributed by atoms with Gasteiger partial charge in [0.25, 0.3) is 0 Å². The number of hydrogen-bond acceptors (Lipinski definition) is 2. The molecule has 0 radical (unpaired) electrons. The molecule has 1 N–H and O–H groups in total. The minimum absolute atomic E-state index is 0.102. The summed E-state index contributed by atoms with van der Waals surface area (Å²) in [5.74, 6) is -0.102. The van der Waals surface area contributed by atoms with E-state index in [1.807, 2.05) is 18.2 Å². The first-order valence-corrected chi connectivity index (χ1v) is 8.11. The molecular weight excluding hydrogens is 275 g/mol. The molecule has 1 aliphatic heterocycles. The summed E-state index contributed by atoms with van der Waals surface area (Å²) in [6.07, 6.45) is 3.35. The molecule has 116 valence electrons. The van der Waals surface area contributed by atoms with Crippen LogP contribution in [0.25, 0.3) is 0 Å². The minimum Gasteiger partial charge on any atom is -0.369 e. The quantitative estimate of drug-likeness (QED) is 0.817. The predicted molar refractivity (Wildman–Crippen MR) is 89.7 cm³/mol. The molecule has 22 heavy (non-hydrogen) atoms. The standard InChI is InChI=1S/C19H23FN2/c20-18-9-8-17(14-19(18)22-12-4-5-13-22)15-21-11-10-16-6-2-1-3-7-16/h1-3,6-9,14,21H,4-5,10-13,15H2. The van der Waals surface area contributed by atoms with Crippen LogP contribution >= 0.6 is 0 Å². The van der Waals surface area contributed by atoms with E-state index in [2.05, 4.69) is 34.5 Å². The number of hydrogen-bond donors (Lipinski definition) is 1. The van der Waals surface area contributed by atoms with Crippen LogP contribution in [0.4, 0.5) is 10.1 Å². The van der Waals surface area contributed by atoms with E-state index in [-0.39, 0.29) is 5.82 Å². The summed E-state index contributed by atoms with van der Waals surface area (Å²) in [5.41, 5.74) is 3.25. The first-order chi connectivity index (χ1) is 10.8. The molecular formula is C19H23FN2. The summed E-state index contributed by atoms with van der Waals surface area (Å²) >= 11 is 0. The van der Waals surface area contributed by atoms with Gasteiger partial charge >= 0.3 is 0 Å². The Hall–Kier alpha value is -1.87. The van der Waals surface area contributed by atoms with Crippen molar-refractivity contribution < 1.29 is 4.39 Å². The van der Waals surface area contributed by atoms with Gasteiger partial charge in [0.05, 0.1) is 5.69 Å². The van der Waals surface area contributed by atoms with Crippen molar-refractivity contribution in [3.8, 4) is 0 Å². The van der Waals surface area contributed by atoms with Gasteiger partial charge in [0.15, 0.2) is 0 Å². The zero-order valence-corrected chi connectivity index (χ0v) is 12.9. The molecule has 3 rings (SSSR count). The van der Waals surface area contributed by atoms with Crippen LogP contribution in [0.15, 0.2) is 48.5 Å². The average molecular weight is 298 g/mol. The molecule has 0 bridgehead atoms. The molecule has 0 unspecified atom stereocenters. The predicted octanol–water partition coefficient (Wildman–Crippen LogP) is 3.76. The Labute approximate surface area is 132 Å². The first-order valence-electron chi connectivity index (χ1n) is 8.11. The summed E-state index contributed by atoms with van der Waals surface area (Å²) in [6.45, 7) is 3.66. The van der Waals surface area contributed by atoms with Crippen LogP contribution in [0.1, 0.15) is 24.0 Å². The van der Waals surface area contributed by atoms with Crippen LogP contribution in [-0.2, 0) is 13.0 Å². The lowest BCUT2D eigenvalue weighted by molar-refractivity contribution is 0.620. The fourth-order valence-electron chi connectivity index (χ4n) is 2.98. The number of anilines is 1. The minimum atomic E-state index is -0.102. The molecule has 0 saturated carbocycles. The number of benzene rings is 2. The molecule has 3 heteroatoms. The normalized spacial score (nSPS) is 14.5. The van der Waals surface area contributed by atoms with Gasteiger partial charge in [0.2, 0.25) is 0 Å². The van der Waals surface area contributed by atoms with E-state index >= 15 is 0 Å². The molecule has 0 amide bonds. The lowest BCUT2D eigenvalue weighted by Gasteiger charge is -2.19. The molecule has 1 aliphatic rings. The van der Waals surface area contributed by atoms with Crippen LogP contribution in [0, 0.1) is 5.82 Å². The van der Waals surface area contributed by atoms with Crippen molar-refractivity contribution >= 4 is 5.69 Å². The Morgan fingerprint density at radius 1 is 0.955 bits per heavy atom. The second-order valence-corrected chi connectivity index (χ2v) is 5.89. The molecule has 2 nitrogen and oxygen atoms in total. The Morgan fingerprint density at radius 3 is 2.50 bits per heavy atom. The molecule has 1 fully saturated rings. The summed E-state index contributed by atoms with van der Waals surface area (Å²) in [7, 11) is 0. The summed E-state index contributed by atoms with van der Waals surface area (Å²) in [5, 5.41) is 3.45.